The van der Waals surface area contributed by atoms with Crippen LogP contribution in [0.2, 0.25) is 0 Å². The van der Waals surface area contributed by atoms with Gasteiger partial charge in [0.2, 0.25) is 0 Å². The minimum atomic E-state index is -4.24. The van der Waals surface area contributed by atoms with Gasteiger partial charge in [-0.05, 0) is 67.7 Å². The molecule has 0 saturated heterocycles. The molecule has 0 unspecified atom stereocenters. The predicted molar refractivity (Wildman–Crippen MR) is 127 cm³/mol. The Bertz CT molecular complexity index is 1190. The molecule has 0 heterocycles. The lowest BCUT2D eigenvalue weighted by atomic mass is 10.1. The van der Waals surface area contributed by atoms with E-state index in [1.54, 1.807) is 7.11 Å². The molecule has 8 nitrogen and oxygen atoms in total. The van der Waals surface area contributed by atoms with Gasteiger partial charge in [0, 0.05) is 29.5 Å². The Hall–Kier alpha value is -3.01. The molecule has 2 N–H and O–H groups in total. The Morgan fingerprint density at radius 1 is 0.969 bits per heavy atom. The van der Waals surface area contributed by atoms with E-state index in [1.807, 2.05) is 30.3 Å². The summed E-state index contributed by atoms with van der Waals surface area (Å²) in [6.07, 6.45) is 0. The highest BCUT2D eigenvalue weighted by atomic mass is 32.2. The topological polar surface area (TPSA) is 104 Å². The van der Waals surface area contributed by atoms with Gasteiger partial charge >= 0.3 is 0 Å². The molecule has 3 aromatic carbocycles. The summed E-state index contributed by atoms with van der Waals surface area (Å²) in [7, 11) is -2.60. The zero-order valence-corrected chi connectivity index (χ0v) is 19.3. The number of anilines is 1. The minimum Gasteiger partial charge on any atom is -0.497 e. The Kier molecular flexibility index (Phi) is 7.79. The van der Waals surface area contributed by atoms with Crippen molar-refractivity contribution in [1.82, 2.24) is 4.90 Å². The van der Waals surface area contributed by atoms with Crippen LogP contribution in [0.25, 0.3) is 10.8 Å². The Morgan fingerprint density at radius 3 is 2.31 bits per heavy atom. The van der Waals surface area contributed by atoms with Crippen molar-refractivity contribution < 1.29 is 17.7 Å². The standard InChI is InChI=1S/C23H28N4O4S/c1-4-27(5-2)15-14-24-22-12-13-23(20-11-8-18(31-3)16-21(20)22)26-25-17-6-9-19(10-7-17)32(28,29)30/h6-13,16,24H,4-5,14-15H2,1-3H3,(H,28,29,30). The number of likely N-dealkylation sites (N-methyl/N-ethyl adjacent to an activating group) is 1. The predicted octanol–water partition coefficient (Wildman–Crippen LogP) is 5.26. The summed E-state index contributed by atoms with van der Waals surface area (Å²) in [4.78, 5) is 2.17. The molecule has 3 rings (SSSR count). The quantitative estimate of drug-likeness (QED) is 0.318. The second-order valence-electron chi connectivity index (χ2n) is 7.17. The normalized spacial score (nSPS) is 12.0. The molecule has 0 bridgehead atoms. The van der Waals surface area contributed by atoms with Crippen molar-refractivity contribution in [3.05, 3.63) is 54.6 Å². The number of benzene rings is 3. The molecule has 0 spiro atoms. The summed E-state index contributed by atoms with van der Waals surface area (Å²) < 4.78 is 36.9. The fourth-order valence-electron chi connectivity index (χ4n) is 3.36. The van der Waals surface area contributed by atoms with Crippen LogP contribution in [0.4, 0.5) is 17.1 Å². The lowest BCUT2D eigenvalue weighted by molar-refractivity contribution is 0.316. The maximum Gasteiger partial charge on any atom is 0.294 e. The van der Waals surface area contributed by atoms with E-state index >= 15 is 0 Å². The van der Waals surface area contributed by atoms with E-state index in [2.05, 4.69) is 34.3 Å². The Morgan fingerprint density at radius 2 is 1.69 bits per heavy atom. The summed E-state index contributed by atoms with van der Waals surface area (Å²) in [5.41, 5.74) is 2.14. The largest absolute Gasteiger partial charge is 0.497 e. The molecule has 0 radical (unpaired) electrons. The van der Waals surface area contributed by atoms with Crippen molar-refractivity contribution in [2.45, 2.75) is 18.7 Å². The van der Waals surface area contributed by atoms with Crippen LogP contribution in [0, 0.1) is 0 Å². The zero-order chi connectivity index (χ0) is 23.1. The van der Waals surface area contributed by atoms with Gasteiger partial charge in [-0.3, -0.25) is 4.55 Å². The second-order valence-corrected chi connectivity index (χ2v) is 8.59. The van der Waals surface area contributed by atoms with E-state index < -0.39 is 10.1 Å². The number of nitrogens with one attached hydrogen (secondary N) is 1. The van der Waals surface area contributed by atoms with Gasteiger partial charge in [-0.1, -0.05) is 13.8 Å². The van der Waals surface area contributed by atoms with Gasteiger partial charge in [-0.15, -0.1) is 5.11 Å². The SMILES string of the molecule is CCN(CC)CCNc1ccc(N=Nc2ccc(S(=O)(=O)O)cc2)c2ccc(OC)cc12. The van der Waals surface area contributed by atoms with Crippen LogP contribution in [0.5, 0.6) is 5.75 Å². The number of hydrogen-bond acceptors (Lipinski definition) is 7. The van der Waals surface area contributed by atoms with E-state index in [0.29, 0.717) is 11.4 Å². The number of nitrogens with zero attached hydrogens (tertiary/aromatic N) is 3. The highest BCUT2D eigenvalue weighted by molar-refractivity contribution is 7.85. The summed E-state index contributed by atoms with van der Waals surface area (Å²) >= 11 is 0. The molecule has 0 amide bonds. The van der Waals surface area contributed by atoms with Crippen molar-refractivity contribution in [1.29, 1.82) is 0 Å². The molecule has 3 aromatic rings. The van der Waals surface area contributed by atoms with E-state index in [0.717, 1.165) is 48.4 Å². The lowest BCUT2D eigenvalue weighted by Gasteiger charge is -2.19. The van der Waals surface area contributed by atoms with Crippen LogP contribution in [-0.2, 0) is 10.1 Å². The van der Waals surface area contributed by atoms with Gasteiger partial charge in [-0.2, -0.15) is 13.5 Å². The molecule has 170 valence electrons. The van der Waals surface area contributed by atoms with Crippen molar-refractivity contribution in [2.75, 3.05) is 38.6 Å². The van der Waals surface area contributed by atoms with Crippen LogP contribution in [0.3, 0.4) is 0 Å². The highest BCUT2D eigenvalue weighted by Gasteiger charge is 2.10. The summed E-state index contributed by atoms with van der Waals surface area (Å²) in [6, 6.07) is 15.2. The molecule has 0 atom stereocenters. The third-order valence-corrected chi connectivity index (χ3v) is 6.11. The fourth-order valence-corrected chi connectivity index (χ4v) is 3.84. The van der Waals surface area contributed by atoms with Gasteiger partial charge < -0.3 is 15.0 Å². The summed E-state index contributed by atoms with van der Waals surface area (Å²) in [5, 5.41) is 14.0. The first-order valence-electron chi connectivity index (χ1n) is 10.4. The number of fused-ring (bicyclic) bond motifs is 1. The summed E-state index contributed by atoms with van der Waals surface area (Å²) in [6.45, 7) is 8.09. The lowest BCUT2D eigenvalue weighted by Crippen LogP contribution is -2.28. The number of methoxy groups -OCH3 is 1. The van der Waals surface area contributed by atoms with E-state index in [-0.39, 0.29) is 4.90 Å². The van der Waals surface area contributed by atoms with Crippen LogP contribution in [-0.4, -0.2) is 51.2 Å². The van der Waals surface area contributed by atoms with Gasteiger partial charge in [0.15, 0.2) is 0 Å². The van der Waals surface area contributed by atoms with Crippen LogP contribution in [0.1, 0.15) is 13.8 Å². The maximum atomic E-state index is 11.2. The molecule has 0 aliphatic rings. The summed E-state index contributed by atoms with van der Waals surface area (Å²) in [5.74, 6) is 0.749. The first-order valence-corrected chi connectivity index (χ1v) is 11.9. The van der Waals surface area contributed by atoms with Gasteiger partial charge in [0.25, 0.3) is 10.1 Å². The van der Waals surface area contributed by atoms with Crippen LogP contribution >= 0.6 is 0 Å². The molecule has 0 aliphatic carbocycles. The maximum absolute atomic E-state index is 11.2. The highest BCUT2D eigenvalue weighted by Crippen LogP contribution is 2.35. The average Bonchev–Trinajstić information content (AvgIpc) is 2.80. The first-order chi connectivity index (χ1) is 15.4. The fraction of sp³-hybridized carbons (Fsp3) is 0.304. The second kappa shape index (κ2) is 10.5. The number of hydrogen-bond donors (Lipinski definition) is 2. The Balaban J connectivity index is 1.88. The van der Waals surface area contributed by atoms with Crippen molar-refractivity contribution >= 4 is 38.0 Å². The number of azo groups is 1. The first kappa shape index (κ1) is 23.6. The van der Waals surface area contributed by atoms with Crippen molar-refractivity contribution in [3.8, 4) is 5.75 Å². The number of rotatable bonds is 10. The molecular weight excluding hydrogens is 428 g/mol. The molecule has 9 heteroatoms. The van der Waals surface area contributed by atoms with E-state index in [9.17, 15) is 8.42 Å². The smallest absolute Gasteiger partial charge is 0.294 e. The van der Waals surface area contributed by atoms with Crippen molar-refractivity contribution in [3.63, 3.8) is 0 Å². The average molecular weight is 457 g/mol. The zero-order valence-electron chi connectivity index (χ0n) is 18.4. The monoisotopic (exact) mass is 456 g/mol. The van der Waals surface area contributed by atoms with Crippen molar-refractivity contribution in [2.24, 2.45) is 10.2 Å². The van der Waals surface area contributed by atoms with Crippen LogP contribution < -0.4 is 10.1 Å². The third-order valence-electron chi connectivity index (χ3n) is 5.25. The molecule has 0 aliphatic heterocycles. The number of ether oxygens (including phenoxy) is 1. The van der Waals surface area contributed by atoms with Gasteiger partial charge in [-0.25, -0.2) is 0 Å². The molecule has 32 heavy (non-hydrogen) atoms. The molecule has 0 fully saturated rings. The van der Waals surface area contributed by atoms with Crippen LogP contribution in [0.15, 0.2) is 69.7 Å². The van der Waals surface area contributed by atoms with E-state index in [4.69, 9.17) is 9.29 Å². The third kappa shape index (κ3) is 5.82. The van der Waals surface area contributed by atoms with Gasteiger partial charge in [0.1, 0.15) is 5.75 Å². The molecule has 0 saturated carbocycles. The molecule has 0 aromatic heterocycles. The molecular formula is C23H28N4O4S. The van der Waals surface area contributed by atoms with E-state index in [1.165, 1.54) is 24.3 Å². The minimum absolute atomic E-state index is 0.186. The Labute approximate surface area is 188 Å². The van der Waals surface area contributed by atoms with Gasteiger partial charge in [0.05, 0.1) is 23.4 Å².